The lowest BCUT2D eigenvalue weighted by molar-refractivity contribution is -0.121. The standard InChI is InChI=1S/C27H27F2N7OS/c1-13-21(26-35-23-20(38-26)9-10-31-22(23)14-5-6-14)25(34-16-8-7-15(11-16)24(30)37)36-27(33-13)32-12-17-18(28)3-2-4-19(17)29/h2-4,9-10,14-16H,5-8,11-12H2,1H3,(H2,30,37)(H2,32,33,34,36). The number of halogens is 2. The van der Waals surface area contributed by atoms with Crippen molar-refractivity contribution in [3.8, 4) is 10.6 Å². The summed E-state index contributed by atoms with van der Waals surface area (Å²) >= 11 is 1.56. The third kappa shape index (κ3) is 4.78. The number of carbonyl (C=O) groups is 1. The van der Waals surface area contributed by atoms with Gasteiger partial charge in [-0.2, -0.15) is 4.98 Å². The number of anilines is 2. The number of carbonyl (C=O) groups excluding carboxylic acids is 1. The molecule has 8 nitrogen and oxygen atoms in total. The maximum absolute atomic E-state index is 14.2. The number of pyridine rings is 1. The number of hydrogen-bond donors (Lipinski definition) is 3. The van der Waals surface area contributed by atoms with E-state index in [-0.39, 0.29) is 35.9 Å². The van der Waals surface area contributed by atoms with Crippen LogP contribution in [0.2, 0.25) is 0 Å². The van der Waals surface area contributed by atoms with Gasteiger partial charge in [-0.15, -0.1) is 11.3 Å². The molecule has 2 atom stereocenters. The molecule has 196 valence electrons. The lowest BCUT2D eigenvalue weighted by atomic mass is 10.1. The monoisotopic (exact) mass is 535 g/mol. The molecule has 2 aliphatic rings. The van der Waals surface area contributed by atoms with Crippen molar-refractivity contribution in [2.75, 3.05) is 10.6 Å². The number of benzene rings is 1. The van der Waals surface area contributed by atoms with E-state index in [1.807, 2.05) is 19.2 Å². The molecular weight excluding hydrogens is 508 g/mol. The fraction of sp³-hybridized carbons (Fsp3) is 0.370. The summed E-state index contributed by atoms with van der Waals surface area (Å²) in [5, 5.41) is 7.23. The summed E-state index contributed by atoms with van der Waals surface area (Å²) in [5.41, 5.74) is 8.84. The van der Waals surface area contributed by atoms with Crippen LogP contribution < -0.4 is 16.4 Å². The van der Waals surface area contributed by atoms with Crippen molar-refractivity contribution >= 4 is 39.2 Å². The van der Waals surface area contributed by atoms with E-state index in [0.717, 1.165) is 45.7 Å². The zero-order valence-corrected chi connectivity index (χ0v) is 21.6. The molecule has 1 aromatic carbocycles. The average Bonchev–Trinajstić information content (AvgIpc) is 3.45. The van der Waals surface area contributed by atoms with Crippen LogP contribution in [-0.4, -0.2) is 31.9 Å². The van der Waals surface area contributed by atoms with Gasteiger partial charge in [-0.25, -0.2) is 18.7 Å². The molecule has 3 heterocycles. The summed E-state index contributed by atoms with van der Waals surface area (Å²) in [5.74, 6) is -0.502. The van der Waals surface area contributed by atoms with E-state index in [9.17, 15) is 13.6 Å². The highest BCUT2D eigenvalue weighted by Crippen LogP contribution is 2.44. The molecule has 2 aliphatic carbocycles. The lowest BCUT2D eigenvalue weighted by Crippen LogP contribution is -2.24. The Morgan fingerprint density at radius 2 is 1.89 bits per heavy atom. The lowest BCUT2D eigenvalue weighted by Gasteiger charge is -2.18. The molecule has 0 radical (unpaired) electrons. The summed E-state index contributed by atoms with van der Waals surface area (Å²) in [6.07, 6.45) is 6.17. The number of rotatable bonds is 8. The summed E-state index contributed by atoms with van der Waals surface area (Å²) in [6, 6.07) is 5.73. The number of nitrogens with zero attached hydrogens (tertiary/aromatic N) is 4. The van der Waals surface area contributed by atoms with Gasteiger partial charge in [0.05, 0.1) is 21.7 Å². The van der Waals surface area contributed by atoms with E-state index in [4.69, 9.17) is 15.7 Å². The molecule has 2 saturated carbocycles. The number of aromatic nitrogens is 4. The third-order valence-corrected chi connectivity index (χ3v) is 8.30. The van der Waals surface area contributed by atoms with Gasteiger partial charge in [0.25, 0.3) is 0 Å². The number of hydrogen-bond acceptors (Lipinski definition) is 8. The van der Waals surface area contributed by atoms with E-state index in [1.165, 1.54) is 18.2 Å². The van der Waals surface area contributed by atoms with Gasteiger partial charge in [-0.1, -0.05) is 6.07 Å². The molecule has 0 aliphatic heterocycles. The highest BCUT2D eigenvalue weighted by Gasteiger charge is 2.31. The van der Waals surface area contributed by atoms with E-state index >= 15 is 0 Å². The molecule has 4 N–H and O–H groups in total. The molecule has 0 saturated heterocycles. The van der Waals surface area contributed by atoms with Crippen molar-refractivity contribution < 1.29 is 13.6 Å². The second kappa shape index (κ2) is 9.86. The van der Waals surface area contributed by atoms with Crippen LogP contribution in [0.3, 0.4) is 0 Å². The number of thiazole rings is 1. The van der Waals surface area contributed by atoms with Crippen molar-refractivity contribution in [2.24, 2.45) is 11.7 Å². The van der Waals surface area contributed by atoms with Gasteiger partial charge in [0.15, 0.2) is 0 Å². The highest BCUT2D eigenvalue weighted by atomic mass is 32.1. The Labute approximate surface area is 222 Å². The Hall–Kier alpha value is -3.73. The van der Waals surface area contributed by atoms with Gasteiger partial charge < -0.3 is 16.4 Å². The molecule has 0 spiro atoms. The molecule has 38 heavy (non-hydrogen) atoms. The van der Waals surface area contributed by atoms with E-state index in [0.29, 0.717) is 30.3 Å². The second-order valence-electron chi connectivity index (χ2n) is 10.00. The van der Waals surface area contributed by atoms with Gasteiger partial charge in [-0.3, -0.25) is 9.78 Å². The minimum Gasteiger partial charge on any atom is -0.369 e. The van der Waals surface area contributed by atoms with Crippen molar-refractivity contribution in [3.63, 3.8) is 0 Å². The zero-order valence-electron chi connectivity index (χ0n) is 20.8. The van der Waals surface area contributed by atoms with Crippen LogP contribution in [0, 0.1) is 24.5 Å². The van der Waals surface area contributed by atoms with Crippen molar-refractivity contribution in [3.05, 3.63) is 59.0 Å². The van der Waals surface area contributed by atoms with E-state index < -0.39 is 11.6 Å². The van der Waals surface area contributed by atoms with Crippen molar-refractivity contribution in [1.82, 2.24) is 19.9 Å². The molecular formula is C27H27F2N7OS. The average molecular weight is 536 g/mol. The second-order valence-corrected chi connectivity index (χ2v) is 11.0. The number of fused-ring (bicyclic) bond motifs is 1. The zero-order chi connectivity index (χ0) is 26.4. The summed E-state index contributed by atoms with van der Waals surface area (Å²) < 4.78 is 29.4. The molecule has 2 unspecified atom stereocenters. The number of nitrogens with one attached hydrogen (secondary N) is 2. The molecule has 3 aromatic heterocycles. The predicted octanol–water partition coefficient (Wildman–Crippen LogP) is 5.29. The number of nitrogens with two attached hydrogens (primary N) is 1. The van der Waals surface area contributed by atoms with Gasteiger partial charge in [0.1, 0.15) is 28.0 Å². The maximum atomic E-state index is 14.2. The summed E-state index contributed by atoms with van der Waals surface area (Å²) in [7, 11) is 0. The molecule has 0 bridgehead atoms. The van der Waals surface area contributed by atoms with Crippen LogP contribution >= 0.6 is 11.3 Å². The first kappa shape index (κ1) is 24.6. The van der Waals surface area contributed by atoms with Crippen LogP contribution in [-0.2, 0) is 11.3 Å². The van der Waals surface area contributed by atoms with Crippen molar-refractivity contribution in [1.29, 1.82) is 0 Å². The normalized spacial score (nSPS) is 19.1. The largest absolute Gasteiger partial charge is 0.369 e. The van der Waals surface area contributed by atoms with Gasteiger partial charge in [0.2, 0.25) is 11.9 Å². The molecule has 1 amide bonds. The van der Waals surface area contributed by atoms with Gasteiger partial charge >= 0.3 is 0 Å². The van der Waals surface area contributed by atoms with Crippen molar-refractivity contribution in [2.45, 2.75) is 57.5 Å². The molecule has 6 rings (SSSR count). The minimum absolute atomic E-state index is 0.00418. The maximum Gasteiger partial charge on any atom is 0.225 e. The van der Waals surface area contributed by atoms with Crippen LogP contribution in [0.15, 0.2) is 30.5 Å². The van der Waals surface area contributed by atoms with Crippen LogP contribution in [0.25, 0.3) is 20.8 Å². The summed E-state index contributed by atoms with van der Waals surface area (Å²) in [4.78, 5) is 30.6. The Balaban J connectivity index is 1.37. The van der Waals surface area contributed by atoms with Gasteiger partial charge in [-0.05, 0) is 57.2 Å². The van der Waals surface area contributed by atoms with Crippen LogP contribution in [0.1, 0.15) is 55.0 Å². The summed E-state index contributed by atoms with van der Waals surface area (Å²) in [6.45, 7) is 1.76. The number of amides is 1. The topological polar surface area (TPSA) is 119 Å². The Morgan fingerprint density at radius 3 is 2.61 bits per heavy atom. The molecule has 11 heteroatoms. The fourth-order valence-corrected chi connectivity index (χ4v) is 6.15. The van der Waals surface area contributed by atoms with E-state index in [2.05, 4.69) is 20.6 Å². The first-order valence-electron chi connectivity index (χ1n) is 12.7. The highest BCUT2D eigenvalue weighted by molar-refractivity contribution is 7.21. The Morgan fingerprint density at radius 1 is 1.11 bits per heavy atom. The fourth-order valence-electron chi connectivity index (χ4n) is 5.08. The third-order valence-electron chi connectivity index (χ3n) is 7.26. The SMILES string of the molecule is Cc1nc(NCc2c(F)cccc2F)nc(NC2CCC(C(N)=O)C2)c1-c1nc2c(C3CC3)nccc2s1. The smallest absolute Gasteiger partial charge is 0.225 e. The first-order valence-corrected chi connectivity index (χ1v) is 13.6. The number of primary amides is 1. The Bertz CT molecular complexity index is 1520. The van der Waals surface area contributed by atoms with Crippen LogP contribution in [0.4, 0.5) is 20.5 Å². The van der Waals surface area contributed by atoms with Gasteiger partial charge in [0, 0.05) is 36.2 Å². The molecule has 2 fully saturated rings. The first-order chi connectivity index (χ1) is 18.4. The Kier molecular flexibility index (Phi) is 6.38. The van der Waals surface area contributed by atoms with E-state index in [1.54, 1.807) is 11.3 Å². The van der Waals surface area contributed by atoms with Crippen LogP contribution in [0.5, 0.6) is 0 Å². The minimum atomic E-state index is -0.637. The molecule has 4 aromatic rings. The quantitative estimate of drug-likeness (QED) is 0.280. The predicted molar refractivity (Wildman–Crippen MR) is 143 cm³/mol. The number of aryl methyl sites for hydroxylation is 1.